The minimum atomic E-state index is -2.19. The van der Waals surface area contributed by atoms with E-state index in [4.69, 9.17) is 39.6 Å². The predicted molar refractivity (Wildman–Crippen MR) is 31.5 cm³/mol. The Kier molecular flexibility index (Phi) is 22.1. The van der Waals surface area contributed by atoms with E-state index in [1.54, 1.807) is 0 Å². The molecule has 0 saturated carbocycles. The molecule has 8 nitrogen and oxygen atoms in total. The average Bonchev–Trinajstić information content (AvgIpc) is 1.88. The molecule has 0 aliphatic rings. The maximum Gasteiger partial charge on any atom is 2.00 e. The van der Waals surface area contributed by atoms with Crippen LogP contribution in [0.25, 0.3) is 0 Å². The summed E-state index contributed by atoms with van der Waals surface area (Å²) in [7, 11) is 0. The third kappa shape index (κ3) is 22.7. The maximum atomic E-state index is 8.93. The van der Waals surface area contributed by atoms with E-state index >= 15 is 0 Å². The zero-order chi connectivity index (χ0) is 10.3. The second-order valence-corrected chi connectivity index (χ2v) is 1.15. The molecule has 10 heteroatoms. The van der Waals surface area contributed by atoms with Gasteiger partial charge in [0.2, 0.25) is 0 Å². The first kappa shape index (κ1) is 23.7. The van der Waals surface area contributed by atoms with E-state index in [1.807, 2.05) is 0 Å². The van der Waals surface area contributed by atoms with Gasteiger partial charge in [0.25, 0.3) is 0 Å². The summed E-state index contributed by atoms with van der Waals surface area (Å²) in [6.45, 7) is 0. The quantitative estimate of drug-likeness (QED) is 0.274. The number of hydrogen-bond acceptors (Lipinski definition) is 8. The van der Waals surface area contributed by atoms with Crippen molar-refractivity contribution in [2.45, 2.75) is 0 Å². The van der Waals surface area contributed by atoms with E-state index < -0.39 is 23.9 Å². The van der Waals surface area contributed by atoms with Gasteiger partial charge in [-0.1, -0.05) is 0 Å². The third-order valence-corrected chi connectivity index (χ3v) is 0.333. The number of aliphatic carboxylic acids is 4. The summed E-state index contributed by atoms with van der Waals surface area (Å²) in [5.41, 5.74) is 0. The summed E-state index contributed by atoms with van der Waals surface area (Å²) in [5.74, 6) is -8.74. The van der Waals surface area contributed by atoms with E-state index in [0.717, 1.165) is 0 Å². The van der Waals surface area contributed by atoms with Crippen LogP contribution in [0.5, 0.6) is 0 Å². The molecule has 0 saturated heterocycles. The first-order valence-electron chi connectivity index (χ1n) is 2.13. The molecule has 0 bridgehead atoms. The van der Waals surface area contributed by atoms with Crippen molar-refractivity contribution in [2.75, 3.05) is 0 Å². The Morgan fingerprint density at radius 3 is 0.643 bits per heavy atom. The molecule has 0 spiro atoms. The Bertz CT molecular complexity index is 177. The first-order chi connectivity index (χ1) is 5.29. The number of carbonyl (C=O) groups excluding carboxylic acids is 4. The van der Waals surface area contributed by atoms with Crippen LogP contribution in [-0.4, -0.2) is 88.9 Å². The van der Waals surface area contributed by atoms with Gasteiger partial charge in [0.05, 0.1) is 23.9 Å². The van der Waals surface area contributed by atoms with Gasteiger partial charge in [-0.3, -0.25) is 0 Å². The molecule has 0 unspecified atom stereocenters. The van der Waals surface area contributed by atoms with Crippen molar-refractivity contribution in [1.29, 1.82) is 0 Å². The zero-order valence-electron chi connectivity index (χ0n) is 6.47. The largest absolute Gasteiger partial charge is 2.00 e. The molecule has 2 radical (unpaired) electrons. The van der Waals surface area contributed by atoms with Crippen LogP contribution in [0.3, 0.4) is 0 Å². The smallest absolute Gasteiger partial charge is 0.543 e. The van der Waals surface area contributed by atoms with Gasteiger partial charge < -0.3 is 39.6 Å². The molecule has 0 aromatic rings. The van der Waals surface area contributed by atoms with Gasteiger partial charge >= 0.3 is 65.0 Å². The molecule has 0 aromatic carbocycles. The van der Waals surface area contributed by atoms with Crippen LogP contribution >= 0.6 is 0 Å². The number of rotatable bonds is 0. The summed E-state index contributed by atoms with van der Waals surface area (Å²) in [6, 6.07) is 0. The normalized spacial score (nSPS) is 6.29. The fraction of sp³-hybridized carbons (Fsp3) is 0. The molecule has 0 aliphatic heterocycles. The van der Waals surface area contributed by atoms with Crippen molar-refractivity contribution < 1.29 is 39.6 Å². The Hall–Kier alpha value is 0.0618. The van der Waals surface area contributed by atoms with Crippen LogP contribution in [0.1, 0.15) is 0 Å². The molecule has 0 amide bonds. The molecule has 0 fully saturated rings. The molecule has 0 N–H and O–H groups in total. The van der Waals surface area contributed by atoms with Gasteiger partial charge in [0.15, 0.2) is 0 Å². The third-order valence-electron chi connectivity index (χ3n) is 0.333. The second-order valence-electron chi connectivity index (χ2n) is 1.15. The summed E-state index contributed by atoms with van der Waals surface area (Å²) < 4.78 is 0. The molecular formula is C4CaO8Pb. The molecule has 0 atom stereocenters. The van der Waals surface area contributed by atoms with Gasteiger partial charge in [-0.05, 0) is 0 Å². The van der Waals surface area contributed by atoms with E-state index in [1.165, 1.54) is 0 Å². The van der Waals surface area contributed by atoms with E-state index in [0.29, 0.717) is 0 Å². The van der Waals surface area contributed by atoms with Crippen molar-refractivity contribution in [3.05, 3.63) is 0 Å². The molecule has 0 heterocycles. The van der Waals surface area contributed by atoms with Crippen molar-refractivity contribution >= 4 is 88.9 Å². The molecular weight excluding hydrogens is 423 g/mol. The van der Waals surface area contributed by atoms with Crippen molar-refractivity contribution in [3.63, 3.8) is 0 Å². The molecule has 0 rings (SSSR count). The minimum absolute atomic E-state index is 0. The topological polar surface area (TPSA) is 161 Å². The van der Waals surface area contributed by atoms with Crippen molar-refractivity contribution in [3.8, 4) is 0 Å². The van der Waals surface area contributed by atoms with Gasteiger partial charge in [-0.25, -0.2) is 0 Å². The van der Waals surface area contributed by atoms with Crippen LogP contribution in [0.4, 0.5) is 0 Å². The predicted octanol–water partition coefficient (Wildman–Crippen LogP) is -7.79. The molecule has 70 valence electrons. The fourth-order valence-electron chi connectivity index (χ4n) is 0. The fourth-order valence-corrected chi connectivity index (χ4v) is 0. The van der Waals surface area contributed by atoms with Crippen LogP contribution in [0.2, 0.25) is 0 Å². The summed E-state index contributed by atoms with van der Waals surface area (Å²) >= 11 is 0. The maximum absolute atomic E-state index is 8.93. The first-order valence-corrected chi connectivity index (χ1v) is 2.13. The number of carboxylic acids is 4. The average molecular weight is 423 g/mol. The summed E-state index contributed by atoms with van der Waals surface area (Å²) in [5, 5.41) is 35.7. The van der Waals surface area contributed by atoms with Crippen LogP contribution in [0, 0.1) is 0 Å². The number of hydrogen-bond donors (Lipinski definition) is 0. The van der Waals surface area contributed by atoms with Gasteiger partial charge in [-0.15, -0.1) is 0 Å². The Morgan fingerprint density at radius 2 is 0.643 bits per heavy atom. The Morgan fingerprint density at radius 1 is 0.571 bits per heavy atom. The van der Waals surface area contributed by atoms with Crippen molar-refractivity contribution in [1.82, 2.24) is 0 Å². The van der Waals surface area contributed by atoms with E-state index in [9.17, 15) is 0 Å². The number of carboxylic acid groups (broad SMARTS) is 4. The van der Waals surface area contributed by atoms with Crippen LogP contribution in [0.15, 0.2) is 0 Å². The molecule has 0 aromatic heterocycles. The minimum Gasteiger partial charge on any atom is -0.543 e. The van der Waals surface area contributed by atoms with Crippen LogP contribution in [-0.2, 0) is 19.2 Å². The second kappa shape index (κ2) is 13.1. The van der Waals surface area contributed by atoms with E-state index in [2.05, 4.69) is 0 Å². The molecule has 0 aliphatic carbocycles. The van der Waals surface area contributed by atoms with Gasteiger partial charge in [0.1, 0.15) is 0 Å². The standard InChI is InChI=1S/2C2H2O4.Ca.Pb/c2*3-1(4)2(5)6;;/h2*(H,3,4)(H,5,6);;/q;;2*+2/p-4. The molecule has 14 heavy (non-hydrogen) atoms. The van der Waals surface area contributed by atoms with Crippen LogP contribution < -0.4 is 20.4 Å². The van der Waals surface area contributed by atoms with E-state index in [-0.39, 0.29) is 65.0 Å². The van der Waals surface area contributed by atoms with Gasteiger partial charge in [-0.2, -0.15) is 0 Å². The monoisotopic (exact) mass is 424 g/mol. The SMILES string of the molecule is O=C([O-])C(=O)[O-].O=C([O-])C(=O)[O-].[Ca+2].[Pb+2]. The van der Waals surface area contributed by atoms with Crippen molar-refractivity contribution in [2.24, 2.45) is 0 Å². The summed E-state index contributed by atoms with van der Waals surface area (Å²) in [4.78, 5) is 35.7. The zero-order valence-corrected chi connectivity index (χ0v) is 12.6. The number of carbonyl (C=O) groups is 4. The Balaban J connectivity index is -0.0000000625. The Labute approximate surface area is 127 Å². The summed E-state index contributed by atoms with van der Waals surface area (Å²) in [6.07, 6.45) is 0. The van der Waals surface area contributed by atoms with Gasteiger partial charge in [0, 0.05) is 0 Å².